The molecule has 1 aliphatic rings. The van der Waals surface area contributed by atoms with Crippen molar-refractivity contribution in [1.82, 2.24) is 10.0 Å². The number of aromatic nitrogens is 1. The molecule has 4 N–H and O–H groups in total. The molecule has 3 rings (SSSR count). The summed E-state index contributed by atoms with van der Waals surface area (Å²) in [6.45, 7) is 2.90. The minimum Gasteiger partial charge on any atom is -0.351 e. The summed E-state index contributed by atoms with van der Waals surface area (Å²) in [5.74, 6) is -4.47. The van der Waals surface area contributed by atoms with Crippen molar-refractivity contribution in [2.75, 3.05) is 18.4 Å². The molecule has 0 spiro atoms. The number of carbonyl (C=O) groups is 3. The van der Waals surface area contributed by atoms with Crippen LogP contribution in [0.4, 0.5) is 23.2 Å². The van der Waals surface area contributed by atoms with Crippen LogP contribution in [0.5, 0.6) is 0 Å². The predicted octanol–water partition coefficient (Wildman–Crippen LogP) is 1.94. The van der Waals surface area contributed by atoms with Gasteiger partial charge in [-0.15, -0.1) is 0 Å². The van der Waals surface area contributed by atoms with Crippen molar-refractivity contribution in [3.05, 3.63) is 52.1 Å². The number of rotatable bonds is 5. The summed E-state index contributed by atoms with van der Waals surface area (Å²) in [5.41, 5.74) is 5.54. The normalized spacial score (nSPS) is 14.3. The zero-order chi connectivity index (χ0) is 23.8. The lowest BCUT2D eigenvalue weighted by atomic mass is 10.0. The number of carbonyl (C=O) groups excluding carboxylic acids is 3. The Hall–Kier alpha value is -3.67. The van der Waals surface area contributed by atoms with Gasteiger partial charge in [-0.3, -0.25) is 9.59 Å². The van der Waals surface area contributed by atoms with Gasteiger partial charge in [0.05, 0.1) is 22.5 Å². The van der Waals surface area contributed by atoms with Crippen LogP contribution in [0.1, 0.15) is 32.9 Å². The molecule has 0 radical (unpaired) electrons. The Kier molecular flexibility index (Phi) is 6.08. The third-order valence-electron chi connectivity index (χ3n) is 4.75. The molecule has 8 nitrogen and oxygen atoms in total. The third kappa shape index (κ3) is 4.21. The van der Waals surface area contributed by atoms with Crippen LogP contribution in [0.15, 0.2) is 18.2 Å². The molecule has 170 valence electrons. The molecule has 2 amide bonds. The number of benzene rings is 1. The van der Waals surface area contributed by atoms with E-state index in [0.29, 0.717) is 10.4 Å². The van der Waals surface area contributed by atoms with E-state index in [0.717, 1.165) is 18.2 Å². The van der Waals surface area contributed by atoms with Crippen molar-refractivity contribution < 1.29 is 36.8 Å². The summed E-state index contributed by atoms with van der Waals surface area (Å²) in [6, 6.07) is 3.53. The van der Waals surface area contributed by atoms with Gasteiger partial charge in [0, 0.05) is 24.3 Å². The number of alkyl halides is 3. The Morgan fingerprint density at radius 2 is 1.97 bits per heavy atom. The van der Waals surface area contributed by atoms with Gasteiger partial charge in [-0.25, -0.2) is 9.18 Å². The van der Waals surface area contributed by atoms with E-state index in [9.17, 15) is 31.9 Å². The van der Waals surface area contributed by atoms with E-state index >= 15 is 0 Å². The smallest absolute Gasteiger partial charge is 0.351 e. The van der Waals surface area contributed by atoms with Gasteiger partial charge in [-0.1, -0.05) is 0 Å². The molecule has 1 aromatic carbocycles. The highest BCUT2D eigenvalue weighted by Gasteiger charge is 2.43. The molecular formula is C20H18F4N4O4. The van der Waals surface area contributed by atoms with Crippen LogP contribution in [0.2, 0.25) is 0 Å². The minimum absolute atomic E-state index is 0.0573. The lowest BCUT2D eigenvalue weighted by molar-refractivity contribution is -0.200. The van der Waals surface area contributed by atoms with Gasteiger partial charge < -0.3 is 21.2 Å². The van der Waals surface area contributed by atoms with Crippen LogP contribution in [-0.4, -0.2) is 41.8 Å². The van der Waals surface area contributed by atoms with Crippen molar-refractivity contribution in [2.24, 2.45) is 5.73 Å². The molecule has 0 saturated carbocycles. The van der Waals surface area contributed by atoms with Crippen LogP contribution in [-0.2, 0) is 9.59 Å². The standard InChI is InChI=1S/C20H18F4N4O4/c1-9-15(8-13-12-7-11(21)3-4-14(12)27-17(13)29)28(32-19(31)20(22,23)24)10(2)16(9)18(30)26-6-5-25/h3-4,7-8H,5-6,25H2,1-2H3,(H,26,30)(H,27,29). The fraction of sp³-hybridized carbons (Fsp3) is 0.250. The Morgan fingerprint density at radius 1 is 1.28 bits per heavy atom. The topological polar surface area (TPSA) is 115 Å². The lowest BCUT2D eigenvalue weighted by Gasteiger charge is -2.12. The number of nitrogens with one attached hydrogen (secondary N) is 2. The van der Waals surface area contributed by atoms with E-state index in [-0.39, 0.29) is 46.7 Å². The maximum absolute atomic E-state index is 13.7. The van der Waals surface area contributed by atoms with Crippen molar-refractivity contribution >= 4 is 35.1 Å². The second kappa shape index (κ2) is 8.46. The summed E-state index contributed by atoms with van der Waals surface area (Å²) in [7, 11) is 0. The quantitative estimate of drug-likeness (QED) is 0.472. The number of nitrogens with two attached hydrogens (primary N) is 1. The Balaban J connectivity index is 2.19. The van der Waals surface area contributed by atoms with Gasteiger partial charge in [-0.2, -0.15) is 17.9 Å². The number of hydrogen-bond acceptors (Lipinski definition) is 5. The zero-order valence-corrected chi connectivity index (χ0v) is 16.9. The largest absolute Gasteiger partial charge is 0.493 e. The summed E-state index contributed by atoms with van der Waals surface area (Å²) in [6.07, 6.45) is -4.18. The van der Waals surface area contributed by atoms with E-state index in [4.69, 9.17) is 5.73 Å². The SMILES string of the molecule is Cc1c(C(=O)NCCN)c(C)n(OC(=O)C(F)(F)F)c1C=C1C(=O)Nc2ccc(F)cc21. The van der Waals surface area contributed by atoms with Gasteiger partial charge >= 0.3 is 12.1 Å². The van der Waals surface area contributed by atoms with E-state index < -0.39 is 29.8 Å². The van der Waals surface area contributed by atoms with Crippen LogP contribution in [0.3, 0.4) is 0 Å². The molecular weight excluding hydrogens is 436 g/mol. The highest BCUT2D eigenvalue weighted by atomic mass is 19.4. The molecule has 0 unspecified atom stereocenters. The molecule has 0 saturated heterocycles. The zero-order valence-electron chi connectivity index (χ0n) is 16.9. The summed E-state index contributed by atoms with van der Waals surface area (Å²) >= 11 is 0. The van der Waals surface area contributed by atoms with E-state index in [1.165, 1.54) is 19.9 Å². The predicted molar refractivity (Wildman–Crippen MR) is 106 cm³/mol. The van der Waals surface area contributed by atoms with E-state index in [1.807, 2.05) is 0 Å². The molecule has 2 aromatic rings. The fourth-order valence-corrected chi connectivity index (χ4v) is 3.30. The van der Waals surface area contributed by atoms with Crippen LogP contribution >= 0.6 is 0 Å². The molecule has 0 atom stereocenters. The first-order valence-electron chi connectivity index (χ1n) is 9.28. The fourth-order valence-electron chi connectivity index (χ4n) is 3.30. The number of halogens is 4. The van der Waals surface area contributed by atoms with Gasteiger partial charge in [-0.05, 0) is 43.7 Å². The van der Waals surface area contributed by atoms with Gasteiger partial charge in [0.2, 0.25) is 0 Å². The van der Waals surface area contributed by atoms with Gasteiger partial charge in [0.15, 0.2) is 0 Å². The van der Waals surface area contributed by atoms with Crippen molar-refractivity contribution in [2.45, 2.75) is 20.0 Å². The first-order valence-corrected chi connectivity index (χ1v) is 9.28. The Labute approximate surface area is 179 Å². The first kappa shape index (κ1) is 23.0. The molecule has 0 bridgehead atoms. The number of amides is 2. The molecule has 1 aliphatic heterocycles. The number of nitrogens with zero attached hydrogens (tertiary/aromatic N) is 1. The molecule has 1 aromatic heterocycles. The van der Waals surface area contributed by atoms with Crippen LogP contribution in [0.25, 0.3) is 11.6 Å². The molecule has 0 fully saturated rings. The van der Waals surface area contributed by atoms with Gasteiger partial charge in [0.25, 0.3) is 11.8 Å². The summed E-state index contributed by atoms with van der Waals surface area (Å²) < 4.78 is 52.8. The number of fused-ring (bicyclic) bond motifs is 1. The number of hydrogen-bond donors (Lipinski definition) is 3. The highest BCUT2D eigenvalue weighted by Crippen LogP contribution is 2.35. The van der Waals surface area contributed by atoms with E-state index in [2.05, 4.69) is 15.5 Å². The lowest BCUT2D eigenvalue weighted by Crippen LogP contribution is -2.34. The monoisotopic (exact) mass is 454 g/mol. The van der Waals surface area contributed by atoms with Crippen molar-refractivity contribution in [3.63, 3.8) is 0 Å². The maximum Gasteiger partial charge on any atom is 0.493 e. The number of anilines is 1. The van der Waals surface area contributed by atoms with Crippen LogP contribution < -0.4 is 21.2 Å². The van der Waals surface area contributed by atoms with Crippen molar-refractivity contribution in [1.29, 1.82) is 0 Å². The third-order valence-corrected chi connectivity index (χ3v) is 4.75. The highest BCUT2D eigenvalue weighted by molar-refractivity contribution is 6.35. The minimum atomic E-state index is -5.31. The van der Waals surface area contributed by atoms with Crippen LogP contribution in [0, 0.1) is 19.7 Å². The molecule has 2 heterocycles. The molecule has 32 heavy (non-hydrogen) atoms. The average Bonchev–Trinajstić information content (AvgIpc) is 3.13. The second-order valence-electron chi connectivity index (χ2n) is 6.89. The van der Waals surface area contributed by atoms with Crippen molar-refractivity contribution in [3.8, 4) is 0 Å². The second-order valence-corrected chi connectivity index (χ2v) is 6.89. The van der Waals surface area contributed by atoms with Gasteiger partial charge in [0.1, 0.15) is 5.82 Å². The molecule has 0 aliphatic carbocycles. The Morgan fingerprint density at radius 3 is 2.59 bits per heavy atom. The average molecular weight is 454 g/mol. The Bertz CT molecular complexity index is 1150. The summed E-state index contributed by atoms with van der Waals surface area (Å²) in [5, 5.41) is 5.00. The maximum atomic E-state index is 13.7. The van der Waals surface area contributed by atoms with E-state index in [1.54, 1.807) is 0 Å². The summed E-state index contributed by atoms with van der Waals surface area (Å²) in [4.78, 5) is 41.0. The molecule has 12 heteroatoms. The first-order chi connectivity index (χ1) is 15.0.